The maximum absolute atomic E-state index is 12.8. The Kier molecular flexibility index (Phi) is 4.76. The van der Waals surface area contributed by atoms with Gasteiger partial charge in [0.25, 0.3) is 0 Å². The van der Waals surface area contributed by atoms with Crippen molar-refractivity contribution in [2.24, 2.45) is 0 Å². The van der Waals surface area contributed by atoms with Gasteiger partial charge in [-0.1, -0.05) is 43.2 Å². The number of nitrogens with one attached hydrogen (secondary N) is 1. The van der Waals surface area contributed by atoms with Crippen LogP contribution in [-0.4, -0.2) is 29.3 Å². The molecule has 22 heavy (non-hydrogen) atoms. The zero-order valence-electron chi connectivity index (χ0n) is 13.0. The van der Waals surface area contributed by atoms with Gasteiger partial charge in [-0.25, -0.2) is 0 Å². The summed E-state index contributed by atoms with van der Waals surface area (Å²) >= 11 is 0. The number of nitrogens with zero attached hydrogens (tertiary/aromatic N) is 1. The maximum atomic E-state index is 12.8. The highest BCUT2D eigenvalue weighted by Crippen LogP contribution is 2.27. The average molecular weight is 300 g/mol. The van der Waals surface area contributed by atoms with Gasteiger partial charge >= 0.3 is 0 Å². The van der Waals surface area contributed by atoms with Crippen LogP contribution in [0.3, 0.4) is 0 Å². The fourth-order valence-corrected chi connectivity index (χ4v) is 3.56. The van der Waals surface area contributed by atoms with Crippen LogP contribution in [0.4, 0.5) is 0 Å². The molecule has 1 atom stereocenters. The van der Waals surface area contributed by atoms with Crippen molar-refractivity contribution in [3.63, 3.8) is 0 Å². The summed E-state index contributed by atoms with van der Waals surface area (Å²) in [7, 11) is 0. The molecule has 1 N–H and O–H groups in total. The van der Waals surface area contributed by atoms with Crippen molar-refractivity contribution < 1.29 is 9.59 Å². The van der Waals surface area contributed by atoms with E-state index in [4.69, 9.17) is 0 Å². The molecule has 1 aliphatic heterocycles. The van der Waals surface area contributed by atoms with Crippen molar-refractivity contribution in [1.82, 2.24) is 10.2 Å². The SMILES string of the molecule is O=C(NC1CCCC1)[C@H](c1ccccc1)N1CCCCC1=O. The number of likely N-dealkylation sites (tertiary alicyclic amines) is 1. The van der Waals surface area contributed by atoms with Crippen molar-refractivity contribution in [1.29, 1.82) is 0 Å². The zero-order valence-corrected chi connectivity index (χ0v) is 13.0. The van der Waals surface area contributed by atoms with E-state index in [1.807, 2.05) is 30.3 Å². The normalized spacial score (nSPS) is 20.9. The fourth-order valence-electron chi connectivity index (χ4n) is 3.56. The smallest absolute Gasteiger partial charge is 0.247 e. The van der Waals surface area contributed by atoms with Crippen LogP contribution in [-0.2, 0) is 9.59 Å². The lowest BCUT2D eigenvalue weighted by molar-refractivity contribution is -0.143. The fraction of sp³-hybridized carbons (Fsp3) is 0.556. The van der Waals surface area contributed by atoms with Crippen LogP contribution in [0.5, 0.6) is 0 Å². The van der Waals surface area contributed by atoms with E-state index in [0.717, 1.165) is 31.2 Å². The van der Waals surface area contributed by atoms with Gasteiger partial charge in [-0.3, -0.25) is 9.59 Å². The number of piperidine rings is 1. The Morgan fingerprint density at radius 2 is 1.82 bits per heavy atom. The van der Waals surface area contributed by atoms with E-state index < -0.39 is 6.04 Å². The van der Waals surface area contributed by atoms with Crippen molar-refractivity contribution in [2.45, 2.75) is 57.0 Å². The molecule has 1 saturated heterocycles. The summed E-state index contributed by atoms with van der Waals surface area (Å²) in [5.41, 5.74) is 0.910. The number of rotatable bonds is 4. The largest absolute Gasteiger partial charge is 0.351 e. The molecule has 0 unspecified atom stereocenters. The first-order chi connectivity index (χ1) is 10.8. The predicted molar refractivity (Wildman–Crippen MR) is 85.1 cm³/mol. The quantitative estimate of drug-likeness (QED) is 0.929. The lowest BCUT2D eigenvalue weighted by Gasteiger charge is -2.34. The molecule has 1 heterocycles. The van der Waals surface area contributed by atoms with Crippen LogP contribution in [0.15, 0.2) is 30.3 Å². The Labute approximate surface area is 131 Å². The first kappa shape index (κ1) is 15.1. The summed E-state index contributed by atoms with van der Waals surface area (Å²) < 4.78 is 0. The van der Waals surface area contributed by atoms with E-state index in [1.54, 1.807) is 4.90 Å². The van der Waals surface area contributed by atoms with Gasteiger partial charge in [0.2, 0.25) is 11.8 Å². The minimum atomic E-state index is -0.477. The molecule has 118 valence electrons. The number of carbonyl (C=O) groups excluding carboxylic acids is 2. The van der Waals surface area contributed by atoms with Crippen LogP contribution in [0.1, 0.15) is 56.6 Å². The number of carbonyl (C=O) groups is 2. The van der Waals surface area contributed by atoms with Gasteiger partial charge in [-0.2, -0.15) is 0 Å². The van der Waals surface area contributed by atoms with Gasteiger partial charge in [0, 0.05) is 19.0 Å². The van der Waals surface area contributed by atoms with E-state index in [-0.39, 0.29) is 17.9 Å². The highest BCUT2D eigenvalue weighted by Gasteiger charge is 2.33. The Bertz CT molecular complexity index is 523. The molecule has 1 aromatic rings. The van der Waals surface area contributed by atoms with Gasteiger partial charge in [-0.05, 0) is 31.2 Å². The van der Waals surface area contributed by atoms with Gasteiger partial charge in [0.05, 0.1) is 0 Å². The molecule has 4 heteroatoms. The topological polar surface area (TPSA) is 49.4 Å². The Hall–Kier alpha value is -1.84. The summed E-state index contributed by atoms with van der Waals surface area (Å²) in [6, 6.07) is 9.49. The number of hydrogen-bond acceptors (Lipinski definition) is 2. The summed E-state index contributed by atoms with van der Waals surface area (Å²) in [5, 5.41) is 3.16. The number of hydrogen-bond donors (Lipinski definition) is 1. The van der Waals surface area contributed by atoms with Gasteiger partial charge in [0.1, 0.15) is 6.04 Å². The molecule has 0 radical (unpaired) electrons. The van der Waals surface area contributed by atoms with E-state index in [9.17, 15) is 9.59 Å². The van der Waals surface area contributed by atoms with Crippen LogP contribution in [0, 0.1) is 0 Å². The maximum Gasteiger partial charge on any atom is 0.247 e. The van der Waals surface area contributed by atoms with Crippen molar-refractivity contribution in [3.8, 4) is 0 Å². The first-order valence-electron chi connectivity index (χ1n) is 8.40. The monoisotopic (exact) mass is 300 g/mol. The predicted octanol–water partition coefficient (Wildman–Crippen LogP) is 2.80. The third kappa shape index (κ3) is 3.32. The highest BCUT2D eigenvalue weighted by molar-refractivity contribution is 5.89. The van der Waals surface area contributed by atoms with Crippen LogP contribution in [0.25, 0.3) is 0 Å². The van der Waals surface area contributed by atoms with Crippen molar-refractivity contribution >= 4 is 11.8 Å². The van der Waals surface area contributed by atoms with Gasteiger partial charge < -0.3 is 10.2 Å². The Morgan fingerprint density at radius 1 is 1.09 bits per heavy atom. The molecule has 2 amide bonds. The second-order valence-corrected chi connectivity index (χ2v) is 6.35. The minimum absolute atomic E-state index is 0.0200. The van der Waals surface area contributed by atoms with E-state index in [1.165, 1.54) is 12.8 Å². The van der Waals surface area contributed by atoms with E-state index in [2.05, 4.69) is 5.32 Å². The molecule has 1 aliphatic carbocycles. The highest BCUT2D eigenvalue weighted by atomic mass is 16.2. The lowest BCUT2D eigenvalue weighted by Crippen LogP contribution is -2.47. The first-order valence-corrected chi connectivity index (χ1v) is 8.40. The van der Waals surface area contributed by atoms with Crippen LogP contribution >= 0.6 is 0 Å². The number of amides is 2. The second-order valence-electron chi connectivity index (χ2n) is 6.35. The van der Waals surface area contributed by atoms with Crippen LogP contribution in [0.2, 0.25) is 0 Å². The molecule has 2 aliphatic rings. The molecule has 1 aromatic carbocycles. The molecule has 3 rings (SSSR count). The van der Waals surface area contributed by atoms with E-state index in [0.29, 0.717) is 13.0 Å². The second kappa shape index (κ2) is 6.95. The zero-order chi connectivity index (χ0) is 15.4. The summed E-state index contributed by atoms with van der Waals surface area (Å²) in [5.74, 6) is 0.0787. The molecule has 0 bridgehead atoms. The third-order valence-corrected chi connectivity index (χ3v) is 4.74. The summed E-state index contributed by atoms with van der Waals surface area (Å²) in [6.07, 6.45) is 6.95. The molecule has 2 fully saturated rings. The Morgan fingerprint density at radius 3 is 2.50 bits per heavy atom. The molecule has 0 spiro atoms. The van der Waals surface area contributed by atoms with E-state index >= 15 is 0 Å². The van der Waals surface area contributed by atoms with Gasteiger partial charge in [-0.15, -0.1) is 0 Å². The number of benzene rings is 1. The van der Waals surface area contributed by atoms with Crippen molar-refractivity contribution in [2.75, 3.05) is 6.54 Å². The summed E-state index contributed by atoms with van der Waals surface area (Å²) in [6.45, 7) is 0.677. The lowest BCUT2D eigenvalue weighted by atomic mass is 10.00. The molecule has 0 aromatic heterocycles. The molecule has 4 nitrogen and oxygen atoms in total. The molecular weight excluding hydrogens is 276 g/mol. The Balaban J connectivity index is 1.81. The summed E-state index contributed by atoms with van der Waals surface area (Å²) in [4.78, 5) is 26.9. The minimum Gasteiger partial charge on any atom is -0.351 e. The van der Waals surface area contributed by atoms with Crippen molar-refractivity contribution in [3.05, 3.63) is 35.9 Å². The standard InChI is InChI=1S/C18H24N2O2/c21-16-12-6-7-13-20(16)17(14-8-2-1-3-9-14)18(22)19-15-10-4-5-11-15/h1-3,8-9,15,17H,4-7,10-13H2,(H,19,22)/t17-/m0/s1. The van der Waals surface area contributed by atoms with Crippen LogP contribution < -0.4 is 5.32 Å². The molecular formula is C18H24N2O2. The van der Waals surface area contributed by atoms with Gasteiger partial charge in [0.15, 0.2) is 0 Å². The molecule has 1 saturated carbocycles. The average Bonchev–Trinajstić information content (AvgIpc) is 3.03. The third-order valence-electron chi connectivity index (χ3n) is 4.74.